The van der Waals surface area contributed by atoms with Crippen LogP contribution < -0.4 is 10.6 Å². The molecule has 144 valence electrons. The van der Waals surface area contributed by atoms with Crippen LogP contribution in [0, 0.1) is 12.7 Å². The van der Waals surface area contributed by atoms with E-state index in [1.807, 2.05) is 19.1 Å². The number of nitrogens with one attached hydrogen (secondary N) is 2. The van der Waals surface area contributed by atoms with E-state index >= 15 is 0 Å². The van der Waals surface area contributed by atoms with Crippen molar-refractivity contribution in [2.24, 2.45) is 0 Å². The number of nitrogens with zero attached hydrogens (tertiary/aromatic N) is 1. The van der Waals surface area contributed by atoms with Gasteiger partial charge in [-0.1, -0.05) is 29.8 Å². The second kappa shape index (κ2) is 7.81. The van der Waals surface area contributed by atoms with Gasteiger partial charge < -0.3 is 9.73 Å². The Morgan fingerprint density at radius 3 is 2.59 bits per heavy atom. The highest BCUT2D eigenvalue weighted by atomic mass is 32.1. The molecular formula is C22H16FN3O2S. The lowest BCUT2D eigenvalue weighted by atomic mass is 10.1. The smallest absolute Gasteiger partial charge is 0.257 e. The zero-order valence-electron chi connectivity index (χ0n) is 15.4. The quantitative estimate of drug-likeness (QED) is 0.466. The molecule has 0 spiro atoms. The van der Waals surface area contributed by atoms with Crippen LogP contribution in [0.3, 0.4) is 0 Å². The van der Waals surface area contributed by atoms with Gasteiger partial charge in [0.1, 0.15) is 11.3 Å². The Balaban J connectivity index is 1.49. The number of carbonyl (C=O) groups is 1. The zero-order valence-corrected chi connectivity index (χ0v) is 16.2. The number of oxazole rings is 1. The number of thiocarbonyl (C=S) groups is 1. The number of halogens is 1. The van der Waals surface area contributed by atoms with Crippen molar-refractivity contribution in [3.05, 3.63) is 83.7 Å². The Bertz CT molecular complexity index is 1220. The molecule has 0 saturated heterocycles. The van der Waals surface area contributed by atoms with Gasteiger partial charge in [0.05, 0.1) is 5.56 Å². The molecule has 0 fully saturated rings. The van der Waals surface area contributed by atoms with E-state index in [1.165, 1.54) is 6.07 Å². The van der Waals surface area contributed by atoms with Crippen molar-refractivity contribution in [3.63, 3.8) is 0 Å². The van der Waals surface area contributed by atoms with Crippen molar-refractivity contribution >= 4 is 40.0 Å². The van der Waals surface area contributed by atoms with Crippen LogP contribution >= 0.6 is 12.2 Å². The predicted molar refractivity (Wildman–Crippen MR) is 114 cm³/mol. The van der Waals surface area contributed by atoms with E-state index in [0.29, 0.717) is 27.9 Å². The van der Waals surface area contributed by atoms with Gasteiger partial charge in [-0.25, -0.2) is 9.37 Å². The summed E-state index contributed by atoms with van der Waals surface area (Å²) in [5, 5.41) is 5.75. The van der Waals surface area contributed by atoms with Gasteiger partial charge in [0.2, 0.25) is 5.89 Å². The van der Waals surface area contributed by atoms with Gasteiger partial charge in [-0.05, 0) is 61.6 Å². The summed E-state index contributed by atoms with van der Waals surface area (Å²) in [5.74, 6) is -0.505. The van der Waals surface area contributed by atoms with E-state index in [4.69, 9.17) is 16.6 Å². The molecule has 0 unspecified atom stereocenters. The van der Waals surface area contributed by atoms with Gasteiger partial charge in [-0.2, -0.15) is 0 Å². The normalized spacial score (nSPS) is 10.7. The SMILES string of the molecule is Cc1ccc(C(=O)NC(=S)Nc2ccc3oc(-c4ccccc4F)nc3c2)cc1. The van der Waals surface area contributed by atoms with Gasteiger partial charge >= 0.3 is 0 Å². The molecule has 0 saturated carbocycles. The molecule has 0 radical (unpaired) electrons. The number of anilines is 1. The highest BCUT2D eigenvalue weighted by Crippen LogP contribution is 2.27. The van der Waals surface area contributed by atoms with E-state index in [9.17, 15) is 9.18 Å². The number of benzene rings is 3. The first-order valence-electron chi connectivity index (χ1n) is 8.84. The topological polar surface area (TPSA) is 67.2 Å². The molecule has 0 bridgehead atoms. The maximum absolute atomic E-state index is 14.0. The average Bonchev–Trinajstić information content (AvgIpc) is 3.11. The van der Waals surface area contributed by atoms with Crippen molar-refractivity contribution < 1.29 is 13.6 Å². The number of amides is 1. The number of hydrogen-bond acceptors (Lipinski definition) is 4. The van der Waals surface area contributed by atoms with Crippen molar-refractivity contribution in [1.29, 1.82) is 0 Å². The summed E-state index contributed by atoms with van der Waals surface area (Å²) in [6, 6.07) is 18.6. The van der Waals surface area contributed by atoms with E-state index in [0.717, 1.165) is 5.56 Å². The van der Waals surface area contributed by atoms with Crippen LogP contribution in [0.25, 0.3) is 22.6 Å². The first-order chi connectivity index (χ1) is 14.0. The molecule has 7 heteroatoms. The fraction of sp³-hybridized carbons (Fsp3) is 0.0455. The first kappa shape index (κ1) is 18.8. The number of rotatable bonds is 3. The molecular weight excluding hydrogens is 389 g/mol. The average molecular weight is 405 g/mol. The maximum Gasteiger partial charge on any atom is 0.257 e. The lowest BCUT2D eigenvalue weighted by Gasteiger charge is -2.09. The standard InChI is InChI=1S/C22H16FN3O2S/c1-13-6-8-14(9-7-13)20(27)26-22(29)24-15-10-11-19-18(12-15)25-21(28-19)16-4-2-3-5-17(16)23/h2-12H,1H3,(H2,24,26,27,29). The van der Waals surface area contributed by atoms with E-state index in [2.05, 4.69) is 15.6 Å². The van der Waals surface area contributed by atoms with Gasteiger partial charge in [0.15, 0.2) is 10.7 Å². The maximum atomic E-state index is 14.0. The summed E-state index contributed by atoms with van der Waals surface area (Å²) in [5.41, 5.74) is 3.56. The third-order valence-electron chi connectivity index (χ3n) is 4.29. The number of carbonyl (C=O) groups excluding carboxylic acids is 1. The first-order valence-corrected chi connectivity index (χ1v) is 9.25. The van der Waals surface area contributed by atoms with Crippen LogP contribution in [0.15, 0.2) is 71.1 Å². The Labute approximate surface area is 171 Å². The molecule has 0 aliphatic rings. The second-order valence-corrected chi connectivity index (χ2v) is 6.86. The predicted octanol–water partition coefficient (Wildman–Crippen LogP) is 5.07. The number of hydrogen-bond donors (Lipinski definition) is 2. The Morgan fingerprint density at radius 2 is 1.83 bits per heavy atom. The summed E-state index contributed by atoms with van der Waals surface area (Å²) >= 11 is 5.22. The molecule has 4 aromatic rings. The van der Waals surface area contributed by atoms with Crippen LogP contribution in [-0.2, 0) is 0 Å². The monoisotopic (exact) mass is 405 g/mol. The molecule has 1 amide bonds. The summed E-state index contributed by atoms with van der Waals surface area (Å²) in [6.07, 6.45) is 0. The summed E-state index contributed by atoms with van der Waals surface area (Å²) in [4.78, 5) is 16.6. The number of aryl methyl sites for hydroxylation is 1. The van der Waals surface area contributed by atoms with Crippen LogP contribution in [0.2, 0.25) is 0 Å². The van der Waals surface area contributed by atoms with Crippen LogP contribution in [-0.4, -0.2) is 16.0 Å². The van der Waals surface area contributed by atoms with Gasteiger partial charge in [0.25, 0.3) is 5.91 Å². The van der Waals surface area contributed by atoms with Gasteiger partial charge in [0, 0.05) is 11.3 Å². The molecule has 5 nitrogen and oxygen atoms in total. The second-order valence-electron chi connectivity index (χ2n) is 6.46. The van der Waals surface area contributed by atoms with E-state index in [1.54, 1.807) is 48.5 Å². The van der Waals surface area contributed by atoms with Crippen molar-refractivity contribution in [2.45, 2.75) is 6.92 Å². The van der Waals surface area contributed by atoms with Crippen molar-refractivity contribution in [3.8, 4) is 11.5 Å². The molecule has 0 aliphatic carbocycles. The fourth-order valence-electron chi connectivity index (χ4n) is 2.80. The molecule has 1 heterocycles. The molecule has 0 atom stereocenters. The zero-order chi connectivity index (χ0) is 20.4. The lowest BCUT2D eigenvalue weighted by molar-refractivity contribution is 0.0977. The molecule has 4 rings (SSSR count). The van der Waals surface area contributed by atoms with Crippen LogP contribution in [0.4, 0.5) is 10.1 Å². The molecule has 3 aromatic carbocycles. The molecule has 0 aliphatic heterocycles. The Hall–Kier alpha value is -3.58. The third kappa shape index (κ3) is 4.14. The van der Waals surface area contributed by atoms with E-state index < -0.39 is 5.82 Å². The largest absolute Gasteiger partial charge is 0.436 e. The number of fused-ring (bicyclic) bond motifs is 1. The van der Waals surface area contributed by atoms with Gasteiger partial charge in [-0.3, -0.25) is 10.1 Å². The molecule has 29 heavy (non-hydrogen) atoms. The van der Waals surface area contributed by atoms with Crippen molar-refractivity contribution in [1.82, 2.24) is 10.3 Å². The number of aromatic nitrogens is 1. The van der Waals surface area contributed by atoms with Crippen LogP contribution in [0.1, 0.15) is 15.9 Å². The Kier molecular flexibility index (Phi) is 5.05. The lowest BCUT2D eigenvalue weighted by Crippen LogP contribution is -2.34. The minimum atomic E-state index is -0.405. The minimum Gasteiger partial charge on any atom is -0.436 e. The third-order valence-corrected chi connectivity index (χ3v) is 4.49. The van der Waals surface area contributed by atoms with Crippen molar-refractivity contribution in [2.75, 3.05) is 5.32 Å². The Morgan fingerprint density at radius 1 is 1.07 bits per heavy atom. The fourth-order valence-corrected chi connectivity index (χ4v) is 3.01. The molecule has 1 aromatic heterocycles. The summed E-state index contributed by atoms with van der Waals surface area (Å²) in [7, 11) is 0. The highest BCUT2D eigenvalue weighted by molar-refractivity contribution is 7.80. The summed E-state index contributed by atoms with van der Waals surface area (Å²) in [6.45, 7) is 1.95. The summed E-state index contributed by atoms with van der Waals surface area (Å²) < 4.78 is 19.6. The minimum absolute atomic E-state index is 0.160. The van der Waals surface area contributed by atoms with Gasteiger partial charge in [-0.15, -0.1) is 0 Å². The highest BCUT2D eigenvalue weighted by Gasteiger charge is 2.13. The van der Waals surface area contributed by atoms with E-state index in [-0.39, 0.29) is 16.9 Å². The van der Waals surface area contributed by atoms with Crippen LogP contribution in [0.5, 0.6) is 0 Å². The molecule has 2 N–H and O–H groups in total.